The van der Waals surface area contributed by atoms with Gasteiger partial charge in [0, 0.05) is 0 Å². The molecule has 0 saturated carbocycles. The maximum absolute atomic E-state index is 12.9. The van der Waals surface area contributed by atoms with Gasteiger partial charge in [0.2, 0.25) is 0 Å². The highest BCUT2D eigenvalue weighted by Gasteiger charge is 2.58. The second kappa shape index (κ2) is 12.4. The van der Waals surface area contributed by atoms with Gasteiger partial charge in [0.25, 0.3) is 0 Å². The van der Waals surface area contributed by atoms with Crippen molar-refractivity contribution in [3.63, 3.8) is 0 Å². The molecule has 0 fully saturated rings. The normalized spacial score (nSPS) is 24.1. The molecule has 176 valence electrons. The summed E-state index contributed by atoms with van der Waals surface area (Å²) in [5.41, 5.74) is -1.25. The Labute approximate surface area is 188 Å². The molecule has 0 aromatic heterocycles. The Kier molecular flexibility index (Phi) is 10.3. The van der Waals surface area contributed by atoms with Gasteiger partial charge in [0.1, 0.15) is 11.2 Å². The largest absolute Gasteiger partial charge is 0.462 e. The van der Waals surface area contributed by atoms with Gasteiger partial charge in [-0.2, -0.15) is 0 Å². The number of esters is 2. The Morgan fingerprint density at radius 3 is 1.42 bits per heavy atom. The van der Waals surface area contributed by atoms with E-state index in [0.717, 1.165) is 38.5 Å². The van der Waals surface area contributed by atoms with E-state index in [2.05, 4.69) is 13.8 Å². The molecule has 2 heterocycles. The molecule has 31 heavy (non-hydrogen) atoms. The van der Waals surface area contributed by atoms with Crippen molar-refractivity contribution in [1.29, 1.82) is 0 Å². The van der Waals surface area contributed by atoms with Crippen molar-refractivity contribution >= 4 is 11.9 Å². The van der Waals surface area contributed by atoms with Crippen molar-refractivity contribution in [2.24, 2.45) is 0 Å². The predicted molar refractivity (Wildman–Crippen MR) is 123 cm³/mol. The zero-order valence-electron chi connectivity index (χ0n) is 20.1. The van der Waals surface area contributed by atoms with E-state index in [-0.39, 0.29) is 0 Å². The van der Waals surface area contributed by atoms with E-state index in [4.69, 9.17) is 14.2 Å². The molecule has 2 aliphatic rings. The van der Waals surface area contributed by atoms with Crippen LogP contribution in [0.1, 0.15) is 105 Å². The van der Waals surface area contributed by atoms with E-state index in [1.54, 1.807) is 0 Å². The molecule has 0 aliphatic carbocycles. The van der Waals surface area contributed by atoms with Crippen LogP contribution in [0.3, 0.4) is 0 Å². The van der Waals surface area contributed by atoms with Gasteiger partial charge >= 0.3 is 11.9 Å². The molecule has 0 aromatic carbocycles. The first-order valence-corrected chi connectivity index (χ1v) is 12.4. The van der Waals surface area contributed by atoms with Crippen molar-refractivity contribution in [3.05, 3.63) is 23.3 Å². The zero-order chi connectivity index (χ0) is 22.7. The van der Waals surface area contributed by atoms with Gasteiger partial charge in [-0.25, -0.2) is 9.59 Å². The molecule has 2 aliphatic heterocycles. The average molecular weight is 435 g/mol. The van der Waals surface area contributed by atoms with E-state index in [1.807, 2.05) is 26.0 Å². The molecule has 0 saturated heterocycles. The summed E-state index contributed by atoms with van der Waals surface area (Å²) in [6, 6.07) is 0. The lowest BCUT2D eigenvalue weighted by Gasteiger charge is -2.20. The highest BCUT2D eigenvalue weighted by atomic mass is 16.6. The molecule has 2 rings (SSSR count). The molecule has 2 unspecified atom stereocenters. The van der Waals surface area contributed by atoms with Crippen molar-refractivity contribution < 1.29 is 23.8 Å². The van der Waals surface area contributed by atoms with Gasteiger partial charge in [-0.1, -0.05) is 78.1 Å². The van der Waals surface area contributed by atoms with Crippen LogP contribution in [-0.4, -0.2) is 36.4 Å². The van der Waals surface area contributed by atoms with Crippen LogP contribution >= 0.6 is 0 Å². The van der Waals surface area contributed by atoms with Gasteiger partial charge in [-0.15, -0.1) is 0 Å². The SMILES string of the molecule is CCCCCCCCOC(=O)C1=C(C(=O)OCCCCCCCC)C2(C)C=CC1(C)O2. The highest BCUT2D eigenvalue weighted by Crippen LogP contribution is 2.50. The second-order valence-electron chi connectivity index (χ2n) is 9.21. The third kappa shape index (κ3) is 6.93. The molecule has 5 heteroatoms. The van der Waals surface area contributed by atoms with Gasteiger partial charge in [-0.3, -0.25) is 0 Å². The first-order chi connectivity index (χ1) is 14.9. The summed E-state index contributed by atoms with van der Waals surface area (Å²) in [6.07, 6.45) is 17.1. The van der Waals surface area contributed by atoms with Gasteiger partial charge < -0.3 is 14.2 Å². The molecule has 2 atom stereocenters. The number of carbonyl (C=O) groups excluding carboxylic acids is 2. The number of ether oxygens (including phenoxy) is 3. The molecule has 0 radical (unpaired) electrons. The summed E-state index contributed by atoms with van der Waals surface area (Å²) in [5, 5.41) is 0. The quantitative estimate of drug-likeness (QED) is 0.164. The number of rotatable bonds is 16. The van der Waals surface area contributed by atoms with Crippen LogP contribution in [0, 0.1) is 0 Å². The predicted octanol–water partition coefficient (Wildman–Crippen LogP) is 6.21. The van der Waals surface area contributed by atoms with Crippen LogP contribution in [0.15, 0.2) is 23.3 Å². The minimum Gasteiger partial charge on any atom is -0.462 e. The van der Waals surface area contributed by atoms with Crippen LogP contribution < -0.4 is 0 Å². The topological polar surface area (TPSA) is 61.8 Å². The lowest BCUT2D eigenvalue weighted by Crippen LogP contribution is -2.30. The minimum atomic E-state index is -0.929. The van der Waals surface area contributed by atoms with Crippen molar-refractivity contribution in [3.8, 4) is 0 Å². The van der Waals surface area contributed by atoms with Crippen molar-refractivity contribution in [2.45, 2.75) is 116 Å². The third-order valence-electron chi connectivity index (χ3n) is 6.26. The number of hydrogen-bond acceptors (Lipinski definition) is 5. The van der Waals surface area contributed by atoms with Crippen LogP contribution in [0.25, 0.3) is 0 Å². The van der Waals surface area contributed by atoms with Gasteiger partial charge in [0.05, 0.1) is 24.4 Å². The monoisotopic (exact) mass is 434 g/mol. The van der Waals surface area contributed by atoms with E-state index < -0.39 is 23.1 Å². The van der Waals surface area contributed by atoms with Crippen LogP contribution in [-0.2, 0) is 23.8 Å². The Bertz CT molecular complexity index is 611. The molecule has 0 spiro atoms. The third-order valence-corrected chi connectivity index (χ3v) is 6.26. The van der Waals surface area contributed by atoms with E-state index in [1.165, 1.54) is 38.5 Å². The Morgan fingerprint density at radius 1 is 0.677 bits per heavy atom. The fourth-order valence-corrected chi connectivity index (χ4v) is 4.44. The number of hydrogen-bond donors (Lipinski definition) is 0. The summed E-state index contributed by atoms with van der Waals surface area (Å²) < 4.78 is 17.1. The number of unbranched alkanes of at least 4 members (excludes halogenated alkanes) is 10. The van der Waals surface area contributed by atoms with Crippen LogP contribution in [0.5, 0.6) is 0 Å². The Hall–Kier alpha value is -1.62. The van der Waals surface area contributed by atoms with Crippen molar-refractivity contribution in [1.82, 2.24) is 0 Å². The molecule has 2 bridgehead atoms. The molecule has 0 N–H and O–H groups in total. The van der Waals surface area contributed by atoms with Gasteiger partial charge in [0.15, 0.2) is 0 Å². The fourth-order valence-electron chi connectivity index (χ4n) is 4.44. The fraction of sp³-hybridized carbons (Fsp3) is 0.769. The van der Waals surface area contributed by atoms with E-state index in [9.17, 15) is 9.59 Å². The first kappa shape index (κ1) is 25.6. The summed E-state index contributed by atoms with van der Waals surface area (Å²) in [6.45, 7) is 8.74. The first-order valence-electron chi connectivity index (χ1n) is 12.4. The average Bonchev–Trinajstić information content (AvgIpc) is 3.18. The molecule has 0 aromatic rings. The Morgan fingerprint density at radius 2 is 1.03 bits per heavy atom. The number of fused-ring (bicyclic) bond motifs is 2. The zero-order valence-corrected chi connectivity index (χ0v) is 20.1. The summed E-state index contributed by atoms with van der Waals surface area (Å²) >= 11 is 0. The van der Waals surface area contributed by atoms with Gasteiger partial charge in [-0.05, 0) is 38.8 Å². The highest BCUT2D eigenvalue weighted by molar-refractivity contribution is 6.05. The molecular weight excluding hydrogens is 392 g/mol. The summed E-state index contributed by atoms with van der Waals surface area (Å²) in [7, 11) is 0. The van der Waals surface area contributed by atoms with Crippen LogP contribution in [0.2, 0.25) is 0 Å². The van der Waals surface area contributed by atoms with Crippen LogP contribution in [0.4, 0.5) is 0 Å². The smallest absolute Gasteiger partial charge is 0.337 e. The maximum Gasteiger partial charge on any atom is 0.337 e. The molecular formula is C26H42O5. The van der Waals surface area contributed by atoms with E-state index in [0.29, 0.717) is 24.4 Å². The maximum atomic E-state index is 12.9. The Balaban J connectivity index is 1.90. The minimum absolute atomic E-state index is 0.302. The summed E-state index contributed by atoms with van der Waals surface area (Å²) in [5.74, 6) is -0.925. The number of carbonyl (C=O) groups is 2. The van der Waals surface area contributed by atoms with E-state index >= 15 is 0 Å². The second-order valence-corrected chi connectivity index (χ2v) is 9.21. The lowest BCUT2D eigenvalue weighted by atomic mass is 9.83. The molecule has 5 nitrogen and oxygen atoms in total. The summed E-state index contributed by atoms with van der Waals surface area (Å²) in [4.78, 5) is 25.8. The van der Waals surface area contributed by atoms with Crippen molar-refractivity contribution in [2.75, 3.05) is 13.2 Å². The standard InChI is InChI=1S/C26H42O5/c1-5-7-9-11-13-15-19-29-23(27)21-22(26(4)18-17-25(21,3)31-26)24(28)30-20-16-14-12-10-8-6-2/h17-18H,5-16,19-20H2,1-4H3. The lowest BCUT2D eigenvalue weighted by molar-refractivity contribution is -0.142. The molecule has 0 amide bonds.